The van der Waals surface area contributed by atoms with E-state index < -0.39 is 46.6 Å². The van der Waals surface area contributed by atoms with Gasteiger partial charge < -0.3 is 10.4 Å². The van der Waals surface area contributed by atoms with Crippen LogP contribution >= 0.6 is 11.6 Å². The van der Waals surface area contributed by atoms with Crippen molar-refractivity contribution in [1.82, 2.24) is 14.5 Å². The summed E-state index contributed by atoms with van der Waals surface area (Å²) in [5.74, 6) is -5.45. The largest absolute Gasteiger partial charge is 0.480 e. The molecule has 1 amide bonds. The number of nitrogens with one attached hydrogen (secondary N) is 1. The second-order valence-electron chi connectivity index (χ2n) is 7.74. The fraction of sp³-hybridized carbons (Fsp3) is 0.125. The van der Waals surface area contributed by atoms with Crippen molar-refractivity contribution in [3.05, 3.63) is 98.7 Å². The molecule has 0 aliphatic carbocycles. The van der Waals surface area contributed by atoms with Gasteiger partial charge in [0.25, 0.3) is 5.91 Å². The molecule has 1 atom stereocenters. The Labute approximate surface area is 201 Å². The summed E-state index contributed by atoms with van der Waals surface area (Å²) in [5, 5.41) is 11.7. The summed E-state index contributed by atoms with van der Waals surface area (Å²) >= 11 is 5.88. The van der Waals surface area contributed by atoms with E-state index in [4.69, 9.17) is 11.6 Å². The fourth-order valence-corrected chi connectivity index (χ4v) is 4.04. The summed E-state index contributed by atoms with van der Waals surface area (Å²) in [6.45, 7) is 0. The monoisotopic (exact) mass is 503 g/mol. The lowest BCUT2D eigenvalue weighted by atomic mass is 10.0. The van der Waals surface area contributed by atoms with Crippen LogP contribution in [-0.4, -0.2) is 32.2 Å². The molecular weight excluding hydrogens is 487 g/mol. The number of rotatable bonds is 6. The number of hydrogen-bond acceptors (Lipinski definition) is 3. The molecule has 0 radical (unpaired) electrons. The van der Waals surface area contributed by atoms with Gasteiger partial charge in [-0.2, -0.15) is 0 Å². The number of nitrogens with zero attached hydrogens (tertiary/aromatic N) is 2. The summed E-state index contributed by atoms with van der Waals surface area (Å²) in [6.07, 6.45) is -0.155. The molecule has 3 aromatic carbocycles. The van der Waals surface area contributed by atoms with E-state index >= 15 is 0 Å². The van der Waals surface area contributed by atoms with Crippen LogP contribution in [0, 0.1) is 17.5 Å². The first kappa shape index (κ1) is 24.1. The van der Waals surface area contributed by atoms with Gasteiger partial charge in [-0.1, -0.05) is 29.8 Å². The number of fused-ring (bicyclic) bond motifs is 1. The molecule has 7 nitrogen and oxygen atoms in total. The van der Waals surface area contributed by atoms with Gasteiger partial charge in [-0.3, -0.25) is 13.9 Å². The van der Waals surface area contributed by atoms with Gasteiger partial charge in [0.15, 0.2) is 11.6 Å². The highest BCUT2D eigenvalue weighted by molar-refractivity contribution is 6.33. The average molecular weight is 504 g/mol. The number of carboxylic acid groups (broad SMARTS) is 1. The Morgan fingerprint density at radius 2 is 1.71 bits per heavy atom. The van der Waals surface area contributed by atoms with Gasteiger partial charge in [-0.15, -0.1) is 0 Å². The Bertz CT molecular complexity index is 1510. The minimum absolute atomic E-state index is 0.154. The molecule has 1 aromatic heterocycles. The number of aromatic nitrogens is 2. The Morgan fingerprint density at radius 3 is 2.34 bits per heavy atom. The molecule has 0 spiro atoms. The molecule has 4 aromatic rings. The van der Waals surface area contributed by atoms with E-state index in [9.17, 15) is 32.7 Å². The van der Waals surface area contributed by atoms with Crippen molar-refractivity contribution >= 4 is 34.5 Å². The maximum Gasteiger partial charge on any atom is 0.333 e. The van der Waals surface area contributed by atoms with Crippen LogP contribution in [-0.2, 0) is 18.3 Å². The molecule has 0 saturated carbocycles. The van der Waals surface area contributed by atoms with Crippen molar-refractivity contribution in [2.75, 3.05) is 0 Å². The van der Waals surface area contributed by atoms with Crippen LogP contribution in [0.3, 0.4) is 0 Å². The van der Waals surface area contributed by atoms with Gasteiger partial charge in [0.2, 0.25) is 0 Å². The van der Waals surface area contributed by atoms with Crippen LogP contribution < -0.4 is 11.0 Å². The zero-order chi connectivity index (χ0) is 25.4. The number of hydrogen-bond donors (Lipinski definition) is 2. The number of carbonyl (C=O) groups is 2. The first-order chi connectivity index (χ1) is 16.6. The van der Waals surface area contributed by atoms with Crippen molar-refractivity contribution in [1.29, 1.82) is 0 Å². The van der Waals surface area contributed by atoms with E-state index in [0.717, 1.165) is 16.7 Å². The zero-order valence-corrected chi connectivity index (χ0v) is 18.8. The summed E-state index contributed by atoms with van der Waals surface area (Å²) in [7, 11) is 1.32. The standard InChI is InChI=1S/C24H17ClF3N3O4/c1-30-21-18(10-9-16(27)20(21)28)31(24(30)35)13-7-5-12(6-8-13)11-17(23(33)34)29-22(32)19-14(25)3-2-4-15(19)26/h2-10,17H,11H2,1H3,(H,29,32)(H,33,34)/t17-/m0/s1. The fourth-order valence-electron chi connectivity index (χ4n) is 3.79. The Morgan fingerprint density at radius 1 is 1.03 bits per heavy atom. The quantitative estimate of drug-likeness (QED) is 0.418. The predicted octanol–water partition coefficient (Wildman–Crippen LogP) is 3.83. The van der Waals surface area contributed by atoms with E-state index in [1.54, 1.807) is 0 Å². The molecule has 4 rings (SSSR count). The third-order valence-electron chi connectivity index (χ3n) is 5.53. The number of imidazole rings is 1. The van der Waals surface area contributed by atoms with Crippen LogP contribution in [0.1, 0.15) is 15.9 Å². The molecule has 0 aliphatic heterocycles. The van der Waals surface area contributed by atoms with E-state index in [1.165, 1.54) is 54.1 Å². The molecule has 0 fully saturated rings. The van der Waals surface area contributed by atoms with Crippen LogP contribution in [0.25, 0.3) is 16.7 Å². The van der Waals surface area contributed by atoms with E-state index in [1.807, 2.05) is 0 Å². The molecular formula is C24H17ClF3N3O4. The van der Waals surface area contributed by atoms with Gasteiger partial charge in [-0.05, 0) is 42.0 Å². The average Bonchev–Trinajstić information content (AvgIpc) is 3.06. The topological polar surface area (TPSA) is 93.3 Å². The van der Waals surface area contributed by atoms with Crippen LogP contribution in [0.15, 0.2) is 59.4 Å². The lowest BCUT2D eigenvalue weighted by molar-refractivity contribution is -0.139. The number of aliphatic carboxylic acids is 1. The van der Waals surface area contributed by atoms with Crippen molar-refractivity contribution in [2.45, 2.75) is 12.5 Å². The van der Waals surface area contributed by atoms with E-state index in [2.05, 4.69) is 5.32 Å². The molecule has 0 unspecified atom stereocenters. The molecule has 35 heavy (non-hydrogen) atoms. The Hall–Kier alpha value is -4.05. The van der Waals surface area contributed by atoms with Crippen molar-refractivity contribution in [3.8, 4) is 5.69 Å². The zero-order valence-electron chi connectivity index (χ0n) is 18.1. The third kappa shape index (κ3) is 4.40. The molecule has 0 aliphatic rings. The lowest BCUT2D eigenvalue weighted by Gasteiger charge is -2.16. The van der Waals surface area contributed by atoms with Gasteiger partial charge in [0, 0.05) is 13.5 Å². The summed E-state index contributed by atoms with van der Waals surface area (Å²) in [5.41, 5.74) is -0.290. The van der Waals surface area contributed by atoms with Gasteiger partial charge in [-0.25, -0.2) is 22.8 Å². The maximum atomic E-state index is 14.3. The summed E-state index contributed by atoms with van der Waals surface area (Å²) in [6, 6.07) is 10.5. The molecule has 11 heteroatoms. The second-order valence-corrected chi connectivity index (χ2v) is 8.14. The SMILES string of the molecule is Cn1c(=O)n(-c2ccc(C[C@H](NC(=O)c3c(F)cccc3Cl)C(=O)O)cc2)c2ccc(F)c(F)c21. The lowest BCUT2D eigenvalue weighted by Crippen LogP contribution is -2.42. The second kappa shape index (κ2) is 9.30. The Balaban J connectivity index is 1.61. The number of halogens is 4. The summed E-state index contributed by atoms with van der Waals surface area (Å²) < 4.78 is 44.1. The molecule has 180 valence electrons. The minimum atomic E-state index is -1.40. The minimum Gasteiger partial charge on any atom is -0.480 e. The smallest absolute Gasteiger partial charge is 0.333 e. The maximum absolute atomic E-state index is 14.3. The molecule has 0 bridgehead atoms. The molecule has 0 saturated heterocycles. The number of amides is 1. The third-order valence-corrected chi connectivity index (χ3v) is 5.84. The van der Waals surface area contributed by atoms with Crippen LogP contribution in [0.4, 0.5) is 13.2 Å². The summed E-state index contributed by atoms with van der Waals surface area (Å²) in [4.78, 5) is 36.9. The number of carboxylic acids is 1. The Kier molecular flexibility index (Phi) is 6.40. The van der Waals surface area contributed by atoms with E-state index in [-0.39, 0.29) is 22.5 Å². The number of carbonyl (C=O) groups excluding carboxylic acids is 1. The van der Waals surface area contributed by atoms with Crippen molar-refractivity contribution in [2.24, 2.45) is 7.05 Å². The normalized spacial score (nSPS) is 12.0. The predicted molar refractivity (Wildman–Crippen MR) is 122 cm³/mol. The highest BCUT2D eigenvalue weighted by atomic mass is 35.5. The first-order valence-corrected chi connectivity index (χ1v) is 10.6. The molecule has 2 N–H and O–H groups in total. The van der Waals surface area contributed by atoms with Crippen LogP contribution in [0.2, 0.25) is 5.02 Å². The van der Waals surface area contributed by atoms with Crippen molar-refractivity contribution < 1.29 is 27.9 Å². The van der Waals surface area contributed by atoms with Gasteiger partial charge in [0.1, 0.15) is 17.4 Å². The van der Waals surface area contributed by atoms with Crippen LogP contribution in [0.5, 0.6) is 0 Å². The van der Waals surface area contributed by atoms with Crippen molar-refractivity contribution in [3.63, 3.8) is 0 Å². The van der Waals surface area contributed by atoms with Gasteiger partial charge >= 0.3 is 11.7 Å². The van der Waals surface area contributed by atoms with Gasteiger partial charge in [0.05, 0.1) is 21.8 Å². The number of benzene rings is 3. The number of aryl methyl sites for hydroxylation is 1. The molecule has 1 heterocycles. The highest BCUT2D eigenvalue weighted by Gasteiger charge is 2.24. The van der Waals surface area contributed by atoms with E-state index in [0.29, 0.717) is 11.3 Å². The highest BCUT2D eigenvalue weighted by Crippen LogP contribution is 2.23. The first-order valence-electron chi connectivity index (χ1n) is 10.2.